The predicted octanol–water partition coefficient (Wildman–Crippen LogP) is 2.13. The molecule has 1 saturated heterocycles. The van der Waals surface area contributed by atoms with Crippen LogP contribution in [-0.2, 0) is 4.74 Å². The Morgan fingerprint density at radius 2 is 2.00 bits per heavy atom. The maximum Gasteiger partial charge on any atom is 0.198 e. The van der Waals surface area contributed by atoms with Crippen LogP contribution < -0.4 is 15.4 Å². The Labute approximate surface area is 112 Å². The third kappa shape index (κ3) is 2.87. The highest BCUT2D eigenvalue weighted by Gasteiger charge is 2.27. The molecule has 1 aliphatic rings. The number of anilines is 2. The van der Waals surface area contributed by atoms with Crippen LogP contribution in [-0.4, -0.2) is 35.8 Å². The lowest BCUT2D eigenvalue weighted by atomic mass is 10.2. The SMILES string of the molecule is CC(C)Oc1c(N)nsc1N1CC(C)OC(C)C1. The van der Waals surface area contributed by atoms with E-state index in [0.29, 0.717) is 5.82 Å². The van der Waals surface area contributed by atoms with Gasteiger partial charge < -0.3 is 20.1 Å². The van der Waals surface area contributed by atoms with E-state index in [1.165, 1.54) is 11.5 Å². The van der Waals surface area contributed by atoms with Gasteiger partial charge in [-0.2, -0.15) is 4.37 Å². The number of aromatic nitrogens is 1. The van der Waals surface area contributed by atoms with Crippen LogP contribution in [0.25, 0.3) is 0 Å². The Morgan fingerprint density at radius 3 is 2.56 bits per heavy atom. The van der Waals surface area contributed by atoms with E-state index in [4.69, 9.17) is 15.2 Å². The molecule has 18 heavy (non-hydrogen) atoms. The van der Waals surface area contributed by atoms with Gasteiger partial charge in [-0.1, -0.05) is 0 Å². The van der Waals surface area contributed by atoms with Gasteiger partial charge in [0.15, 0.2) is 16.6 Å². The van der Waals surface area contributed by atoms with Crippen molar-refractivity contribution in [2.24, 2.45) is 0 Å². The van der Waals surface area contributed by atoms with Gasteiger partial charge in [-0.15, -0.1) is 0 Å². The second-order valence-corrected chi connectivity index (χ2v) is 5.78. The van der Waals surface area contributed by atoms with Crippen LogP contribution in [0, 0.1) is 0 Å². The molecule has 2 rings (SSSR count). The van der Waals surface area contributed by atoms with Crippen LogP contribution in [0.2, 0.25) is 0 Å². The highest BCUT2D eigenvalue weighted by atomic mass is 32.1. The largest absolute Gasteiger partial charge is 0.484 e. The molecule has 0 amide bonds. The van der Waals surface area contributed by atoms with Crippen molar-refractivity contribution in [2.75, 3.05) is 23.7 Å². The summed E-state index contributed by atoms with van der Waals surface area (Å²) in [5.41, 5.74) is 5.88. The third-order valence-corrected chi connectivity index (χ3v) is 3.62. The molecule has 0 bridgehead atoms. The van der Waals surface area contributed by atoms with Gasteiger partial charge in [0.25, 0.3) is 0 Å². The highest BCUT2D eigenvalue weighted by Crippen LogP contribution is 2.39. The molecular weight excluding hydrogens is 250 g/mol. The smallest absolute Gasteiger partial charge is 0.198 e. The van der Waals surface area contributed by atoms with Gasteiger partial charge in [-0.05, 0) is 39.2 Å². The molecule has 1 aromatic rings. The van der Waals surface area contributed by atoms with Gasteiger partial charge >= 0.3 is 0 Å². The molecule has 102 valence electrons. The molecule has 1 aliphatic heterocycles. The average Bonchev–Trinajstić information content (AvgIpc) is 2.58. The number of hydrogen-bond acceptors (Lipinski definition) is 6. The van der Waals surface area contributed by atoms with Gasteiger partial charge in [-0.3, -0.25) is 0 Å². The molecule has 6 heteroatoms. The number of morpholine rings is 1. The quantitative estimate of drug-likeness (QED) is 0.912. The normalized spacial score (nSPS) is 24.6. The van der Waals surface area contributed by atoms with Crippen LogP contribution in [0.5, 0.6) is 5.75 Å². The van der Waals surface area contributed by atoms with Crippen LogP contribution in [0.3, 0.4) is 0 Å². The Bertz CT molecular complexity index is 398. The Kier molecular flexibility index (Phi) is 3.97. The minimum absolute atomic E-state index is 0.0957. The lowest BCUT2D eigenvalue weighted by Gasteiger charge is -2.36. The highest BCUT2D eigenvalue weighted by molar-refractivity contribution is 7.11. The standard InChI is InChI=1S/C12H21N3O2S/c1-7(2)16-10-11(13)14-18-12(10)15-5-8(3)17-9(4)6-15/h7-9H,5-6H2,1-4H3,(H2,13,14). The van der Waals surface area contributed by atoms with E-state index in [2.05, 4.69) is 23.1 Å². The molecule has 0 saturated carbocycles. The van der Waals surface area contributed by atoms with E-state index in [1.54, 1.807) is 0 Å². The maximum absolute atomic E-state index is 5.88. The first-order valence-electron chi connectivity index (χ1n) is 6.29. The van der Waals surface area contributed by atoms with Crippen molar-refractivity contribution >= 4 is 22.4 Å². The van der Waals surface area contributed by atoms with Crippen molar-refractivity contribution in [3.05, 3.63) is 0 Å². The lowest BCUT2D eigenvalue weighted by Crippen LogP contribution is -2.45. The van der Waals surface area contributed by atoms with Crippen molar-refractivity contribution in [3.8, 4) is 5.75 Å². The summed E-state index contributed by atoms with van der Waals surface area (Å²) in [6.45, 7) is 9.84. The van der Waals surface area contributed by atoms with E-state index in [9.17, 15) is 0 Å². The number of nitrogens with two attached hydrogens (primary N) is 1. The zero-order valence-corrected chi connectivity index (χ0v) is 12.2. The van der Waals surface area contributed by atoms with Crippen molar-refractivity contribution in [1.82, 2.24) is 4.37 Å². The number of rotatable bonds is 3. The lowest BCUT2D eigenvalue weighted by molar-refractivity contribution is -0.00515. The predicted molar refractivity (Wildman–Crippen MR) is 74.5 cm³/mol. The number of hydrogen-bond donors (Lipinski definition) is 1. The fourth-order valence-corrected chi connectivity index (χ4v) is 2.94. The van der Waals surface area contributed by atoms with Gasteiger partial charge in [0.1, 0.15) is 0 Å². The molecule has 0 aliphatic carbocycles. The second kappa shape index (κ2) is 5.32. The molecule has 2 heterocycles. The summed E-state index contributed by atoms with van der Waals surface area (Å²) in [4.78, 5) is 2.25. The van der Waals surface area contributed by atoms with Crippen molar-refractivity contribution in [3.63, 3.8) is 0 Å². The first-order valence-corrected chi connectivity index (χ1v) is 7.07. The second-order valence-electron chi connectivity index (χ2n) is 5.03. The van der Waals surface area contributed by atoms with E-state index in [0.717, 1.165) is 23.8 Å². The minimum atomic E-state index is 0.0957. The average molecular weight is 271 g/mol. The molecule has 5 nitrogen and oxygen atoms in total. The van der Waals surface area contributed by atoms with Gasteiger partial charge in [0.2, 0.25) is 0 Å². The number of ether oxygens (including phenoxy) is 2. The van der Waals surface area contributed by atoms with Crippen molar-refractivity contribution < 1.29 is 9.47 Å². The molecular formula is C12H21N3O2S. The number of nitrogens with zero attached hydrogens (tertiary/aromatic N) is 2. The zero-order valence-electron chi connectivity index (χ0n) is 11.3. The molecule has 0 radical (unpaired) electrons. The maximum atomic E-state index is 5.88. The molecule has 2 unspecified atom stereocenters. The summed E-state index contributed by atoms with van der Waals surface area (Å²) in [5, 5.41) is 1.02. The van der Waals surface area contributed by atoms with E-state index < -0.39 is 0 Å². The molecule has 0 spiro atoms. The molecule has 1 aromatic heterocycles. The van der Waals surface area contributed by atoms with Gasteiger partial charge in [-0.25, -0.2) is 0 Å². The van der Waals surface area contributed by atoms with Crippen LogP contribution in [0.15, 0.2) is 0 Å². The van der Waals surface area contributed by atoms with Crippen LogP contribution in [0.4, 0.5) is 10.8 Å². The zero-order chi connectivity index (χ0) is 13.3. The van der Waals surface area contributed by atoms with E-state index in [-0.39, 0.29) is 18.3 Å². The van der Waals surface area contributed by atoms with Crippen molar-refractivity contribution in [1.29, 1.82) is 0 Å². The van der Waals surface area contributed by atoms with Crippen molar-refractivity contribution in [2.45, 2.75) is 46.0 Å². The molecule has 2 atom stereocenters. The molecule has 1 fully saturated rings. The molecule has 0 aromatic carbocycles. The van der Waals surface area contributed by atoms with Crippen LogP contribution >= 0.6 is 11.5 Å². The summed E-state index contributed by atoms with van der Waals surface area (Å²) >= 11 is 1.40. The third-order valence-electron chi connectivity index (χ3n) is 2.72. The Morgan fingerprint density at radius 1 is 1.39 bits per heavy atom. The Balaban J connectivity index is 2.21. The summed E-state index contributed by atoms with van der Waals surface area (Å²) in [7, 11) is 0. The van der Waals surface area contributed by atoms with Gasteiger partial charge in [0.05, 0.1) is 18.3 Å². The number of nitrogen functional groups attached to an aromatic ring is 1. The summed E-state index contributed by atoms with van der Waals surface area (Å²) in [6, 6.07) is 0. The first kappa shape index (κ1) is 13.4. The fourth-order valence-electron chi connectivity index (χ4n) is 2.18. The minimum Gasteiger partial charge on any atom is -0.484 e. The fraction of sp³-hybridized carbons (Fsp3) is 0.750. The molecule has 2 N–H and O–H groups in total. The Hall–Kier alpha value is -1.01. The topological polar surface area (TPSA) is 60.6 Å². The van der Waals surface area contributed by atoms with E-state index >= 15 is 0 Å². The monoisotopic (exact) mass is 271 g/mol. The van der Waals surface area contributed by atoms with Crippen LogP contribution in [0.1, 0.15) is 27.7 Å². The summed E-state index contributed by atoms with van der Waals surface area (Å²) in [6.07, 6.45) is 0.520. The first-order chi connectivity index (χ1) is 8.47. The summed E-state index contributed by atoms with van der Waals surface area (Å²) in [5.74, 6) is 1.20. The van der Waals surface area contributed by atoms with Gasteiger partial charge in [0, 0.05) is 13.1 Å². The summed E-state index contributed by atoms with van der Waals surface area (Å²) < 4.78 is 15.7. The van der Waals surface area contributed by atoms with E-state index in [1.807, 2.05) is 13.8 Å².